The second-order valence-corrected chi connectivity index (χ2v) is 7.02. The summed E-state index contributed by atoms with van der Waals surface area (Å²) < 4.78 is 52.1. The topological polar surface area (TPSA) is 52.7 Å². The molecule has 0 bridgehead atoms. The molecule has 160 valence electrons. The first-order valence-corrected chi connectivity index (χ1v) is 9.43. The number of nitrogens with zero attached hydrogens (tertiary/aromatic N) is 2. The Bertz CT molecular complexity index is 909. The van der Waals surface area contributed by atoms with E-state index in [0.29, 0.717) is 38.3 Å². The molecule has 1 N–H and O–H groups in total. The van der Waals surface area contributed by atoms with Crippen molar-refractivity contribution in [2.45, 2.75) is 12.7 Å². The van der Waals surface area contributed by atoms with E-state index >= 15 is 0 Å². The lowest BCUT2D eigenvalue weighted by Crippen LogP contribution is -2.50. The van der Waals surface area contributed by atoms with Gasteiger partial charge in [0.15, 0.2) is 0 Å². The third kappa shape index (κ3) is 5.56. The molecule has 5 nitrogen and oxygen atoms in total. The highest BCUT2D eigenvalue weighted by Gasteiger charge is 2.30. The predicted molar refractivity (Wildman–Crippen MR) is 102 cm³/mol. The quantitative estimate of drug-likeness (QED) is 0.753. The molecule has 30 heavy (non-hydrogen) atoms. The Balaban J connectivity index is 1.47. The lowest BCUT2D eigenvalue weighted by molar-refractivity contribution is -0.137. The molecule has 1 fully saturated rings. The predicted octanol–water partition coefficient (Wildman–Crippen LogP) is 2.92. The fourth-order valence-corrected chi connectivity index (χ4v) is 3.27. The molecule has 3 rings (SSSR count). The Morgan fingerprint density at radius 2 is 1.67 bits per heavy atom. The standard InChI is InChI=1S/C21H21F4N3O2/c22-18-7-2-1-6-17(18)20(30)26-13-19(29)28-10-8-27(9-11-28)14-15-4-3-5-16(12-15)21(23,24)25/h1-7,12H,8-11,13-14H2,(H,26,30). The molecule has 1 aliphatic rings. The van der Waals surface area contributed by atoms with Gasteiger partial charge in [0.2, 0.25) is 5.91 Å². The van der Waals surface area contributed by atoms with Crippen molar-refractivity contribution < 1.29 is 27.2 Å². The smallest absolute Gasteiger partial charge is 0.343 e. The van der Waals surface area contributed by atoms with Gasteiger partial charge in [-0.05, 0) is 23.8 Å². The summed E-state index contributed by atoms with van der Waals surface area (Å²) in [6.07, 6.45) is -4.38. The van der Waals surface area contributed by atoms with Crippen LogP contribution in [0.2, 0.25) is 0 Å². The zero-order valence-corrected chi connectivity index (χ0v) is 16.1. The van der Waals surface area contributed by atoms with Crippen LogP contribution in [-0.2, 0) is 17.5 Å². The molecule has 1 heterocycles. The van der Waals surface area contributed by atoms with Gasteiger partial charge < -0.3 is 10.2 Å². The van der Waals surface area contributed by atoms with Gasteiger partial charge in [0.05, 0.1) is 17.7 Å². The van der Waals surface area contributed by atoms with Crippen molar-refractivity contribution in [2.75, 3.05) is 32.7 Å². The van der Waals surface area contributed by atoms with Crippen molar-refractivity contribution in [3.8, 4) is 0 Å². The van der Waals surface area contributed by atoms with Crippen LogP contribution in [0.5, 0.6) is 0 Å². The van der Waals surface area contributed by atoms with Crippen LogP contribution in [0.4, 0.5) is 17.6 Å². The van der Waals surface area contributed by atoms with E-state index in [-0.39, 0.29) is 18.0 Å². The minimum absolute atomic E-state index is 0.129. The molecular weight excluding hydrogens is 402 g/mol. The normalized spacial score (nSPS) is 15.1. The molecule has 0 radical (unpaired) electrons. The van der Waals surface area contributed by atoms with Crippen LogP contribution in [0, 0.1) is 5.82 Å². The second-order valence-electron chi connectivity index (χ2n) is 7.02. The van der Waals surface area contributed by atoms with E-state index in [1.54, 1.807) is 11.0 Å². The van der Waals surface area contributed by atoms with E-state index in [1.165, 1.54) is 30.3 Å². The number of carbonyl (C=O) groups is 2. The number of benzene rings is 2. The van der Waals surface area contributed by atoms with E-state index in [0.717, 1.165) is 12.1 Å². The molecule has 0 spiro atoms. The van der Waals surface area contributed by atoms with Gasteiger partial charge in [-0.1, -0.05) is 30.3 Å². The van der Waals surface area contributed by atoms with Crippen LogP contribution in [0.1, 0.15) is 21.5 Å². The highest BCUT2D eigenvalue weighted by molar-refractivity contribution is 5.96. The summed E-state index contributed by atoms with van der Waals surface area (Å²) in [4.78, 5) is 27.9. The Kier molecular flexibility index (Phi) is 6.71. The van der Waals surface area contributed by atoms with E-state index in [4.69, 9.17) is 0 Å². The maximum absolute atomic E-state index is 13.6. The molecule has 1 saturated heterocycles. The lowest BCUT2D eigenvalue weighted by Gasteiger charge is -2.34. The van der Waals surface area contributed by atoms with E-state index in [1.807, 2.05) is 4.90 Å². The molecule has 0 aliphatic carbocycles. The van der Waals surface area contributed by atoms with Crippen molar-refractivity contribution in [1.29, 1.82) is 0 Å². The monoisotopic (exact) mass is 423 g/mol. The molecule has 0 saturated carbocycles. The number of hydrogen-bond donors (Lipinski definition) is 1. The van der Waals surface area contributed by atoms with Gasteiger partial charge in [-0.15, -0.1) is 0 Å². The number of carbonyl (C=O) groups excluding carboxylic acids is 2. The first kappa shape index (κ1) is 21.8. The lowest BCUT2D eigenvalue weighted by atomic mass is 10.1. The number of amides is 2. The number of halogens is 4. The number of rotatable bonds is 5. The van der Waals surface area contributed by atoms with Crippen molar-refractivity contribution in [1.82, 2.24) is 15.1 Å². The Hall–Kier alpha value is -2.94. The minimum Gasteiger partial charge on any atom is -0.343 e. The number of alkyl halides is 3. The van der Waals surface area contributed by atoms with Crippen LogP contribution in [0.15, 0.2) is 48.5 Å². The zero-order valence-electron chi connectivity index (χ0n) is 16.1. The van der Waals surface area contributed by atoms with Crippen LogP contribution in [0.3, 0.4) is 0 Å². The summed E-state index contributed by atoms with van der Waals surface area (Å²) in [6.45, 7) is 1.91. The van der Waals surface area contributed by atoms with Gasteiger partial charge in [0.1, 0.15) is 5.82 Å². The summed E-state index contributed by atoms with van der Waals surface area (Å²) in [5.74, 6) is -1.62. The SMILES string of the molecule is O=C(NCC(=O)N1CCN(Cc2cccc(C(F)(F)F)c2)CC1)c1ccccc1F. The molecule has 2 aromatic carbocycles. The molecule has 2 amide bonds. The van der Waals surface area contributed by atoms with E-state index in [2.05, 4.69) is 5.32 Å². The minimum atomic E-state index is -4.38. The van der Waals surface area contributed by atoms with Crippen LogP contribution < -0.4 is 5.32 Å². The summed E-state index contributed by atoms with van der Waals surface area (Å²) in [7, 11) is 0. The van der Waals surface area contributed by atoms with Gasteiger partial charge >= 0.3 is 6.18 Å². The largest absolute Gasteiger partial charge is 0.416 e. The van der Waals surface area contributed by atoms with Crippen molar-refractivity contribution in [3.63, 3.8) is 0 Å². The van der Waals surface area contributed by atoms with Crippen molar-refractivity contribution in [3.05, 3.63) is 71.0 Å². The second kappa shape index (κ2) is 9.25. The fraction of sp³-hybridized carbons (Fsp3) is 0.333. The Morgan fingerprint density at radius 3 is 2.33 bits per heavy atom. The highest BCUT2D eigenvalue weighted by Crippen LogP contribution is 2.29. The average Bonchev–Trinajstić information content (AvgIpc) is 2.72. The van der Waals surface area contributed by atoms with E-state index in [9.17, 15) is 27.2 Å². The summed E-state index contributed by atoms with van der Waals surface area (Å²) in [5.41, 5.74) is -0.252. The fourth-order valence-electron chi connectivity index (χ4n) is 3.27. The summed E-state index contributed by atoms with van der Waals surface area (Å²) in [6, 6.07) is 10.7. The molecular formula is C21H21F4N3O2. The Labute approximate surface area is 171 Å². The first-order valence-electron chi connectivity index (χ1n) is 9.43. The summed E-state index contributed by atoms with van der Waals surface area (Å²) in [5, 5.41) is 2.42. The van der Waals surface area contributed by atoms with Gasteiger partial charge in [-0.25, -0.2) is 4.39 Å². The molecule has 0 atom stereocenters. The van der Waals surface area contributed by atoms with Gasteiger partial charge in [0, 0.05) is 32.7 Å². The number of hydrogen-bond acceptors (Lipinski definition) is 3. The molecule has 9 heteroatoms. The number of piperazine rings is 1. The molecule has 1 aliphatic heterocycles. The maximum Gasteiger partial charge on any atom is 0.416 e. The number of nitrogens with one attached hydrogen (secondary N) is 1. The van der Waals surface area contributed by atoms with E-state index < -0.39 is 23.5 Å². The van der Waals surface area contributed by atoms with Gasteiger partial charge in [0.25, 0.3) is 5.91 Å². The first-order chi connectivity index (χ1) is 14.2. The Morgan fingerprint density at radius 1 is 0.967 bits per heavy atom. The van der Waals surface area contributed by atoms with Crippen molar-refractivity contribution >= 4 is 11.8 Å². The summed E-state index contributed by atoms with van der Waals surface area (Å²) >= 11 is 0. The third-order valence-corrected chi connectivity index (χ3v) is 4.90. The van der Waals surface area contributed by atoms with Gasteiger partial charge in [-0.3, -0.25) is 14.5 Å². The average molecular weight is 423 g/mol. The zero-order chi connectivity index (χ0) is 21.7. The van der Waals surface area contributed by atoms with Crippen LogP contribution in [-0.4, -0.2) is 54.3 Å². The van der Waals surface area contributed by atoms with Crippen LogP contribution in [0.25, 0.3) is 0 Å². The van der Waals surface area contributed by atoms with Gasteiger partial charge in [-0.2, -0.15) is 13.2 Å². The molecule has 0 unspecified atom stereocenters. The molecule has 0 aromatic heterocycles. The maximum atomic E-state index is 13.6. The van der Waals surface area contributed by atoms with Crippen molar-refractivity contribution in [2.24, 2.45) is 0 Å². The molecule has 2 aromatic rings. The third-order valence-electron chi connectivity index (χ3n) is 4.90. The highest BCUT2D eigenvalue weighted by atomic mass is 19.4. The van der Waals surface area contributed by atoms with Crippen LogP contribution >= 0.6 is 0 Å².